The molecule has 2 N–H and O–H groups in total. The monoisotopic (exact) mass is 398 g/mol. The van der Waals surface area contributed by atoms with Gasteiger partial charge in [-0.15, -0.1) is 0 Å². The molecule has 2 aromatic rings. The van der Waals surface area contributed by atoms with E-state index in [1.807, 2.05) is 30.3 Å². The molecule has 1 aliphatic rings. The lowest BCUT2D eigenvalue weighted by atomic mass is 10.1. The van der Waals surface area contributed by atoms with Crippen molar-refractivity contribution in [2.24, 2.45) is 0 Å². The first-order valence-electron chi connectivity index (χ1n) is 10.1. The van der Waals surface area contributed by atoms with Crippen LogP contribution < -0.4 is 20.3 Å². The number of anilines is 1. The number of amides is 2. The van der Waals surface area contributed by atoms with Gasteiger partial charge in [-0.1, -0.05) is 12.1 Å². The highest BCUT2D eigenvalue weighted by atomic mass is 16.5. The number of nitrogens with zero attached hydrogens (tertiary/aromatic N) is 4. The van der Waals surface area contributed by atoms with E-state index in [1.165, 1.54) is 5.56 Å². The van der Waals surface area contributed by atoms with E-state index in [9.17, 15) is 4.79 Å². The maximum absolute atomic E-state index is 11.9. The molecular formula is C21H30N6O2. The van der Waals surface area contributed by atoms with Gasteiger partial charge in [0.2, 0.25) is 5.95 Å². The van der Waals surface area contributed by atoms with Crippen molar-refractivity contribution >= 4 is 12.0 Å². The van der Waals surface area contributed by atoms with Crippen molar-refractivity contribution in [2.45, 2.75) is 12.8 Å². The highest BCUT2D eigenvalue weighted by Crippen LogP contribution is 2.11. The summed E-state index contributed by atoms with van der Waals surface area (Å²) in [4.78, 5) is 25.2. The molecule has 0 aliphatic carbocycles. The second kappa shape index (κ2) is 11.2. The summed E-state index contributed by atoms with van der Waals surface area (Å²) >= 11 is 0. The molecular weight excluding hydrogens is 368 g/mol. The largest absolute Gasteiger partial charge is 0.497 e. The summed E-state index contributed by atoms with van der Waals surface area (Å²) in [6, 6.07) is 9.63. The molecule has 0 unspecified atom stereocenters. The number of nitrogens with one attached hydrogen (secondary N) is 2. The van der Waals surface area contributed by atoms with E-state index in [0.717, 1.165) is 57.3 Å². The predicted octanol–water partition coefficient (Wildman–Crippen LogP) is 1.54. The predicted molar refractivity (Wildman–Crippen MR) is 113 cm³/mol. The molecule has 2 amide bonds. The number of carbonyl (C=O) groups excluding carboxylic acids is 1. The molecule has 8 nitrogen and oxygen atoms in total. The third-order valence-corrected chi connectivity index (χ3v) is 5.00. The van der Waals surface area contributed by atoms with E-state index in [1.54, 1.807) is 19.5 Å². The van der Waals surface area contributed by atoms with Crippen LogP contribution in [0.25, 0.3) is 0 Å². The Bertz CT molecular complexity index is 733. The second-order valence-corrected chi connectivity index (χ2v) is 7.01. The average Bonchev–Trinajstić information content (AvgIpc) is 2.78. The molecule has 0 saturated carbocycles. The van der Waals surface area contributed by atoms with Crippen LogP contribution in [0.1, 0.15) is 12.0 Å². The molecule has 1 aliphatic heterocycles. The van der Waals surface area contributed by atoms with Crippen LogP contribution in [-0.2, 0) is 6.42 Å². The number of methoxy groups -OCH3 is 1. The Hall–Kier alpha value is -2.87. The number of ether oxygens (including phenoxy) is 1. The Morgan fingerprint density at radius 3 is 2.41 bits per heavy atom. The minimum atomic E-state index is -0.107. The number of hydrogen-bond donors (Lipinski definition) is 2. The smallest absolute Gasteiger partial charge is 0.314 e. The van der Waals surface area contributed by atoms with E-state index in [0.29, 0.717) is 13.1 Å². The molecule has 29 heavy (non-hydrogen) atoms. The van der Waals surface area contributed by atoms with E-state index in [2.05, 4.69) is 30.4 Å². The van der Waals surface area contributed by atoms with Crippen LogP contribution in [0.3, 0.4) is 0 Å². The number of aromatic nitrogens is 2. The SMILES string of the molecule is COc1ccc(CCNC(=O)NCCCN2CCN(c3ncccn3)CC2)cc1. The van der Waals surface area contributed by atoms with Crippen LogP contribution in [0.5, 0.6) is 5.75 Å². The zero-order chi connectivity index (χ0) is 20.3. The minimum absolute atomic E-state index is 0.107. The maximum atomic E-state index is 11.9. The van der Waals surface area contributed by atoms with Gasteiger partial charge in [-0.25, -0.2) is 14.8 Å². The van der Waals surface area contributed by atoms with Gasteiger partial charge in [0.1, 0.15) is 5.75 Å². The summed E-state index contributed by atoms with van der Waals surface area (Å²) in [5, 5.41) is 5.84. The Morgan fingerprint density at radius 1 is 1.03 bits per heavy atom. The summed E-state index contributed by atoms with van der Waals surface area (Å²) in [6.07, 6.45) is 5.30. The number of benzene rings is 1. The van der Waals surface area contributed by atoms with Gasteiger partial charge >= 0.3 is 6.03 Å². The van der Waals surface area contributed by atoms with Crippen LogP contribution in [0.4, 0.5) is 10.7 Å². The summed E-state index contributed by atoms with van der Waals surface area (Å²) < 4.78 is 5.14. The zero-order valence-electron chi connectivity index (χ0n) is 17.0. The molecule has 1 saturated heterocycles. The van der Waals surface area contributed by atoms with Gasteiger partial charge in [0.25, 0.3) is 0 Å². The molecule has 156 valence electrons. The van der Waals surface area contributed by atoms with Crippen LogP contribution in [-0.4, -0.2) is 73.8 Å². The third-order valence-electron chi connectivity index (χ3n) is 5.00. The highest BCUT2D eigenvalue weighted by molar-refractivity contribution is 5.73. The molecule has 3 rings (SSSR count). The first kappa shape index (κ1) is 20.9. The van der Waals surface area contributed by atoms with Gasteiger partial charge in [-0.05, 0) is 43.1 Å². The van der Waals surface area contributed by atoms with Gasteiger partial charge in [0.05, 0.1) is 7.11 Å². The minimum Gasteiger partial charge on any atom is -0.497 e. The molecule has 1 aromatic carbocycles. The lowest BCUT2D eigenvalue weighted by Crippen LogP contribution is -2.47. The third kappa shape index (κ3) is 6.90. The molecule has 1 aromatic heterocycles. The zero-order valence-corrected chi connectivity index (χ0v) is 17.0. The second-order valence-electron chi connectivity index (χ2n) is 7.01. The number of urea groups is 1. The Labute approximate surface area is 172 Å². The molecule has 8 heteroatoms. The summed E-state index contributed by atoms with van der Waals surface area (Å²) in [6.45, 7) is 6.12. The van der Waals surface area contributed by atoms with Gasteiger partial charge in [-0.2, -0.15) is 0 Å². The molecule has 0 bridgehead atoms. The molecule has 1 fully saturated rings. The first-order chi connectivity index (χ1) is 14.2. The van der Waals surface area contributed by atoms with Gasteiger partial charge in [0, 0.05) is 51.7 Å². The van der Waals surface area contributed by atoms with Crippen molar-refractivity contribution in [3.8, 4) is 5.75 Å². The van der Waals surface area contributed by atoms with Crippen molar-refractivity contribution in [1.82, 2.24) is 25.5 Å². The number of carbonyl (C=O) groups is 1. The topological polar surface area (TPSA) is 82.6 Å². The quantitative estimate of drug-likeness (QED) is 0.624. The van der Waals surface area contributed by atoms with Crippen LogP contribution in [0.2, 0.25) is 0 Å². The first-order valence-corrected chi connectivity index (χ1v) is 10.1. The summed E-state index contributed by atoms with van der Waals surface area (Å²) in [5.41, 5.74) is 1.17. The molecule has 0 spiro atoms. The maximum Gasteiger partial charge on any atom is 0.314 e. The molecule has 2 heterocycles. The fourth-order valence-electron chi connectivity index (χ4n) is 3.31. The number of piperazine rings is 1. The molecule has 0 radical (unpaired) electrons. The standard InChI is InChI=1S/C21H30N6O2/c1-29-19-6-4-18(5-7-19)8-12-25-21(28)24-11-3-13-26-14-16-27(17-15-26)20-22-9-2-10-23-20/h2,4-7,9-10H,3,8,11-17H2,1H3,(H2,24,25,28). The normalized spacial score (nSPS) is 14.4. The van der Waals surface area contributed by atoms with Crippen molar-refractivity contribution in [2.75, 3.05) is 57.8 Å². The van der Waals surface area contributed by atoms with Crippen LogP contribution in [0.15, 0.2) is 42.7 Å². The van der Waals surface area contributed by atoms with Crippen LogP contribution >= 0.6 is 0 Å². The highest BCUT2D eigenvalue weighted by Gasteiger charge is 2.18. The number of rotatable bonds is 9. The number of hydrogen-bond acceptors (Lipinski definition) is 6. The summed E-state index contributed by atoms with van der Waals surface area (Å²) in [5.74, 6) is 1.65. The van der Waals surface area contributed by atoms with Gasteiger partial charge in [0.15, 0.2) is 0 Å². The van der Waals surface area contributed by atoms with Gasteiger partial charge < -0.3 is 20.3 Å². The fraction of sp³-hybridized carbons (Fsp3) is 0.476. The Morgan fingerprint density at radius 2 is 1.72 bits per heavy atom. The van der Waals surface area contributed by atoms with Gasteiger partial charge in [-0.3, -0.25) is 4.90 Å². The van der Waals surface area contributed by atoms with Crippen molar-refractivity contribution < 1.29 is 9.53 Å². The Balaban J connectivity index is 1.23. The lowest BCUT2D eigenvalue weighted by molar-refractivity contribution is 0.236. The summed E-state index contributed by atoms with van der Waals surface area (Å²) in [7, 11) is 1.65. The van der Waals surface area contributed by atoms with Crippen LogP contribution in [0, 0.1) is 0 Å². The lowest BCUT2D eigenvalue weighted by Gasteiger charge is -2.34. The molecule has 0 atom stereocenters. The van der Waals surface area contributed by atoms with E-state index in [4.69, 9.17) is 4.74 Å². The van der Waals surface area contributed by atoms with Crippen molar-refractivity contribution in [3.63, 3.8) is 0 Å². The average molecular weight is 399 g/mol. The van der Waals surface area contributed by atoms with E-state index in [-0.39, 0.29) is 6.03 Å². The van der Waals surface area contributed by atoms with Crippen molar-refractivity contribution in [1.29, 1.82) is 0 Å². The Kier molecular flexibility index (Phi) is 8.06. The van der Waals surface area contributed by atoms with E-state index >= 15 is 0 Å². The fourth-order valence-corrected chi connectivity index (χ4v) is 3.31. The van der Waals surface area contributed by atoms with E-state index < -0.39 is 0 Å². The van der Waals surface area contributed by atoms with Crippen molar-refractivity contribution in [3.05, 3.63) is 48.3 Å².